The number of β-amino-alcohol motifs (C(OH)–C–C–N with tert-alkyl or cyclic N) is 1. The van der Waals surface area contributed by atoms with Gasteiger partial charge in [0, 0.05) is 48.7 Å². The number of aromatic nitrogens is 3. The fourth-order valence-electron chi connectivity index (χ4n) is 7.94. The standard InChI is InChI=1S/C33H31F3N6O3/c1-2-22-25(34)7-4-18-10-21(43)11-23(26(18)22)28-27(35)29-24(12-37-28)30(41-13-19-5-6-20(14-41)38-19)40-31(39-29)45-17-32-8-3-9-42(32)16-33(36,44)15-32/h1,4,7,10-12,19-20,38,43-44H,3,5-6,8-9,13-17H2. The molecule has 2 bridgehead atoms. The summed E-state index contributed by atoms with van der Waals surface area (Å²) in [6.07, 6.45) is 10.6. The van der Waals surface area contributed by atoms with E-state index in [1.807, 2.05) is 4.90 Å². The van der Waals surface area contributed by atoms with E-state index in [1.54, 1.807) is 0 Å². The Morgan fingerprint density at radius 1 is 1.16 bits per heavy atom. The van der Waals surface area contributed by atoms with Crippen LogP contribution in [0.25, 0.3) is 32.9 Å². The van der Waals surface area contributed by atoms with E-state index in [1.165, 1.54) is 30.5 Å². The van der Waals surface area contributed by atoms with Crippen LogP contribution in [-0.2, 0) is 0 Å². The zero-order valence-electron chi connectivity index (χ0n) is 24.4. The van der Waals surface area contributed by atoms with Gasteiger partial charge in [-0.1, -0.05) is 12.0 Å². The van der Waals surface area contributed by atoms with Gasteiger partial charge in [0.15, 0.2) is 5.82 Å². The summed E-state index contributed by atoms with van der Waals surface area (Å²) in [5.41, 5.74) is -0.893. The molecule has 4 aliphatic heterocycles. The molecule has 0 radical (unpaired) electrons. The largest absolute Gasteiger partial charge is 0.508 e. The Morgan fingerprint density at radius 3 is 2.73 bits per heavy atom. The van der Waals surface area contributed by atoms with Crippen LogP contribution >= 0.6 is 0 Å². The van der Waals surface area contributed by atoms with Gasteiger partial charge < -0.3 is 25.2 Å². The first-order valence-corrected chi connectivity index (χ1v) is 15.2. The zero-order chi connectivity index (χ0) is 31.1. The minimum atomic E-state index is -2.31. The van der Waals surface area contributed by atoms with E-state index < -0.39 is 23.0 Å². The molecule has 4 atom stereocenters. The van der Waals surface area contributed by atoms with E-state index in [0.29, 0.717) is 42.6 Å². The van der Waals surface area contributed by atoms with Crippen LogP contribution in [0.1, 0.15) is 37.7 Å². The Kier molecular flexibility index (Phi) is 6.40. The van der Waals surface area contributed by atoms with E-state index >= 15 is 4.39 Å². The molecule has 3 N–H and O–H groups in total. The molecule has 12 heteroatoms. The van der Waals surface area contributed by atoms with E-state index in [4.69, 9.17) is 16.1 Å². The molecule has 0 aliphatic carbocycles. The van der Waals surface area contributed by atoms with Crippen LogP contribution in [0.3, 0.4) is 0 Å². The van der Waals surface area contributed by atoms with Crippen molar-refractivity contribution in [3.05, 3.63) is 47.7 Å². The number of benzene rings is 2. The number of hydrogen-bond donors (Lipinski definition) is 3. The molecule has 232 valence electrons. The van der Waals surface area contributed by atoms with Gasteiger partial charge in [0.2, 0.25) is 5.85 Å². The first-order chi connectivity index (χ1) is 21.6. The van der Waals surface area contributed by atoms with Gasteiger partial charge >= 0.3 is 6.01 Å². The molecule has 0 spiro atoms. The van der Waals surface area contributed by atoms with Gasteiger partial charge in [0.1, 0.15) is 35.2 Å². The summed E-state index contributed by atoms with van der Waals surface area (Å²) in [5, 5.41) is 25.3. The summed E-state index contributed by atoms with van der Waals surface area (Å²) in [4.78, 5) is 17.7. The molecule has 9 nitrogen and oxygen atoms in total. The maximum Gasteiger partial charge on any atom is 0.319 e. The smallest absolute Gasteiger partial charge is 0.319 e. The Bertz CT molecular complexity index is 1900. The monoisotopic (exact) mass is 616 g/mol. The van der Waals surface area contributed by atoms with Gasteiger partial charge in [-0.2, -0.15) is 9.97 Å². The highest BCUT2D eigenvalue weighted by Crippen LogP contribution is 2.45. The predicted molar refractivity (Wildman–Crippen MR) is 162 cm³/mol. The molecule has 0 saturated carbocycles. The van der Waals surface area contributed by atoms with Crippen LogP contribution in [0.5, 0.6) is 11.8 Å². The molecule has 6 heterocycles. The topological polar surface area (TPSA) is 107 Å². The van der Waals surface area contributed by atoms with Crippen LogP contribution in [0.4, 0.5) is 19.0 Å². The summed E-state index contributed by atoms with van der Waals surface area (Å²) < 4.78 is 52.4. The maximum atomic E-state index is 16.7. The van der Waals surface area contributed by atoms with E-state index in [-0.39, 0.29) is 71.1 Å². The number of fused-ring (bicyclic) bond motifs is 5. The van der Waals surface area contributed by atoms with Crippen LogP contribution in [0.2, 0.25) is 0 Å². The number of aliphatic hydroxyl groups is 1. The Balaban J connectivity index is 1.27. The third-order valence-electron chi connectivity index (χ3n) is 9.85. The Labute approximate surface area is 257 Å². The van der Waals surface area contributed by atoms with Gasteiger partial charge in [-0.3, -0.25) is 9.88 Å². The second-order valence-electron chi connectivity index (χ2n) is 12.8. The summed E-state index contributed by atoms with van der Waals surface area (Å²) in [5.74, 6) is -1.12. The number of aromatic hydroxyl groups is 1. The molecule has 8 rings (SSSR count). The van der Waals surface area contributed by atoms with Crippen LogP contribution in [-0.4, -0.2) is 86.3 Å². The van der Waals surface area contributed by atoms with Gasteiger partial charge in [0.05, 0.1) is 23.0 Å². The molecule has 4 aromatic rings. The molecule has 4 unspecified atom stereocenters. The fourth-order valence-corrected chi connectivity index (χ4v) is 7.94. The molecule has 4 fully saturated rings. The third kappa shape index (κ3) is 4.64. The zero-order valence-corrected chi connectivity index (χ0v) is 24.4. The molecule has 0 amide bonds. The quantitative estimate of drug-likeness (QED) is 0.287. The van der Waals surface area contributed by atoms with Crippen molar-refractivity contribution in [1.82, 2.24) is 25.2 Å². The van der Waals surface area contributed by atoms with Gasteiger partial charge in [-0.15, -0.1) is 6.42 Å². The number of ether oxygens (including phenoxy) is 1. The lowest BCUT2D eigenvalue weighted by Gasteiger charge is -2.34. The van der Waals surface area contributed by atoms with Crippen LogP contribution < -0.4 is 15.0 Å². The average Bonchev–Trinajstić information content (AvgIpc) is 3.63. The van der Waals surface area contributed by atoms with Crippen molar-refractivity contribution in [3.63, 3.8) is 0 Å². The van der Waals surface area contributed by atoms with Crippen molar-refractivity contribution in [2.45, 2.75) is 55.6 Å². The third-order valence-corrected chi connectivity index (χ3v) is 9.85. The van der Waals surface area contributed by atoms with Crippen molar-refractivity contribution in [2.24, 2.45) is 0 Å². The van der Waals surface area contributed by atoms with Crippen molar-refractivity contribution >= 4 is 27.5 Å². The van der Waals surface area contributed by atoms with Crippen molar-refractivity contribution < 1.29 is 28.1 Å². The highest BCUT2D eigenvalue weighted by atomic mass is 19.2. The molecular formula is C33H31F3N6O3. The fraction of sp³-hybridized carbons (Fsp3) is 0.424. The number of phenols is 1. The number of anilines is 1. The molecule has 45 heavy (non-hydrogen) atoms. The van der Waals surface area contributed by atoms with Gasteiger partial charge in [-0.25, -0.2) is 13.2 Å². The number of phenolic OH excluding ortho intramolecular Hbond substituents is 1. The van der Waals surface area contributed by atoms with Crippen molar-refractivity contribution in [2.75, 3.05) is 37.7 Å². The minimum absolute atomic E-state index is 0.0263. The summed E-state index contributed by atoms with van der Waals surface area (Å²) in [6, 6.07) is 5.84. The molecule has 2 aromatic heterocycles. The minimum Gasteiger partial charge on any atom is -0.508 e. The SMILES string of the molecule is C#Cc1c(F)ccc2cc(O)cc(-c3ncc4c(N5CC6CCC(C5)N6)nc(OCC56CCCN5CC(O)(F)C6)nc4c3F)c12. The molecular weight excluding hydrogens is 585 g/mol. The first-order valence-electron chi connectivity index (χ1n) is 15.2. The van der Waals surface area contributed by atoms with E-state index in [0.717, 1.165) is 19.3 Å². The van der Waals surface area contributed by atoms with Gasteiger partial charge in [0.25, 0.3) is 0 Å². The highest BCUT2D eigenvalue weighted by Gasteiger charge is 2.56. The van der Waals surface area contributed by atoms with Gasteiger partial charge in [-0.05, 0) is 55.8 Å². The number of nitrogens with zero attached hydrogens (tertiary/aromatic N) is 5. The second kappa shape index (κ2) is 10.2. The highest BCUT2D eigenvalue weighted by molar-refractivity contribution is 6.03. The number of nitrogens with one attached hydrogen (secondary N) is 1. The molecule has 4 aliphatic rings. The van der Waals surface area contributed by atoms with Crippen LogP contribution in [0, 0.1) is 24.0 Å². The molecule has 2 aromatic carbocycles. The number of terminal acetylenes is 1. The Hall–Kier alpha value is -4.18. The maximum absolute atomic E-state index is 16.7. The summed E-state index contributed by atoms with van der Waals surface area (Å²) in [6.45, 7) is 1.88. The normalized spacial score (nSPS) is 27.8. The lowest BCUT2D eigenvalue weighted by Crippen LogP contribution is -2.51. The first kappa shape index (κ1) is 28.3. The molecule has 4 saturated heterocycles. The number of halogens is 3. The predicted octanol–water partition coefficient (Wildman–Crippen LogP) is 4.03. The number of piperazine rings is 1. The number of alkyl halides is 1. The number of pyridine rings is 1. The Morgan fingerprint density at radius 2 is 1.96 bits per heavy atom. The lowest BCUT2D eigenvalue weighted by atomic mass is 9.94. The van der Waals surface area contributed by atoms with Crippen LogP contribution in [0.15, 0.2) is 30.5 Å². The van der Waals surface area contributed by atoms with Crippen molar-refractivity contribution in [3.8, 4) is 35.4 Å². The average molecular weight is 617 g/mol. The van der Waals surface area contributed by atoms with E-state index in [9.17, 15) is 19.0 Å². The van der Waals surface area contributed by atoms with Crippen molar-refractivity contribution in [1.29, 1.82) is 0 Å². The number of rotatable bonds is 5. The second-order valence-corrected chi connectivity index (χ2v) is 12.8. The van der Waals surface area contributed by atoms with E-state index in [2.05, 4.69) is 26.1 Å². The lowest BCUT2D eigenvalue weighted by molar-refractivity contribution is -0.0791. The summed E-state index contributed by atoms with van der Waals surface area (Å²) in [7, 11) is 0. The summed E-state index contributed by atoms with van der Waals surface area (Å²) >= 11 is 0. The number of hydrogen-bond acceptors (Lipinski definition) is 9.